The molecule has 2 amide bonds. The van der Waals surface area contributed by atoms with E-state index in [1.807, 2.05) is 12.1 Å². The van der Waals surface area contributed by atoms with Gasteiger partial charge in [0, 0.05) is 24.6 Å². The third kappa shape index (κ3) is 4.08. The first-order chi connectivity index (χ1) is 12.3. The van der Waals surface area contributed by atoms with Crippen LogP contribution in [-0.4, -0.2) is 48.2 Å². The molecule has 0 saturated heterocycles. The minimum absolute atomic E-state index is 0.0250. The second kappa shape index (κ2) is 7.25. The quantitative estimate of drug-likeness (QED) is 0.827. The summed E-state index contributed by atoms with van der Waals surface area (Å²) in [6, 6.07) is 11.3. The minimum Gasteiger partial charge on any atom is -0.322 e. The molecular formula is C18H19N3O4S. The topological polar surface area (TPSA) is 96.4 Å². The van der Waals surface area contributed by atoms with Gasteiger partial charge in [-0.15, -0.1) is 0 Å². The molecule has 0 saturated carbocycles. The van der Waals surface area contributed by atoms with E-state index in [0.29, 0.717) is 11.4 Å². The van der Waals surface area contributed by atoms with E-state index in [2.05, 4.69) is 10.3 Å². The van der Waals surface area contributed by atoms with Crippen molar-refractivity contribution in [3.63, 3.8) is 0 Å². The summed E-state index contributed by atoms with van der Waals surface area (Å²) in [5, 5.41) is 2.66. The Hall–Kier alpha value is -2.74. The Morgan fingerprint density at radius 2 is 1.96 bits per heavy atom. The van der Waals surface area contributed by atoms with Crippen LogP contribution in [0, 0.1) is 0 Å². The normalized spacial score (nSPS) is 14.8. The molecule has 0 fully saturated rings. The average molecular weight is 373 g/mol. The van der Waals surface area contributed by atoms with Crippen molar-refractivity contribution in [3.05, 3.63) is 59.8 Å². The maximum absolute atomic E-state index is 12.8. The number of anilines is 1. The molecule has 26 heavy (non-hydrogen) atoms. The number of rotatable bonds is 6. The van der Waals surface area contributed by atoms with Crippen LogP contribution in [0.5, 0.6) is 0 Å². The summed E-state index contributed by atoms with van der Waals surface area (Å²) in [7, 11) is -3.27. The molecule has 2 heterocycles. The van der Waals surface area contributed by atoms with Gasteiger partial charge in [-0.25, -0.2) is 13.4 Å². The summed E-state index contributed by atoms with van der Waals surface area (Å²) in [5.74, 6) is -0.553. The van der Waals surface area contributed by atoms with Crippen molar-refractivity contribution in [1.29, 1.82) is 0 Å². The van der Waals surface area contributed by atoms with Crippen molar-refractivity contribution < 1.29 is 18.0 Å². The molecular weight excluding hydrogens is 354 g/mol. The van der Waals surface area contributed by atoms with Gasteiger partial charge in [0.25, 0.3) is 5.91 Å². The molecule has 0 radical (unpaired) electrons. The lowest BCUT2D eigenvalue weighted by molar-refractivity contribution is -0.120. The molecule has 2 aromatic rings. The number of sulfone groups is 1. The number of nitrogens with one attached hydrogen (secondary N) is 1. The van der Waals surface area contributed by atoms with Crippen molar-refractivity contribution in [2.24, 2.45) is 0 Å². The SMILES string of the molecule is CS(=O)(=O)CCC(C(=O)Nc1ccccn1)N1Cc2ccccc2C1=O. The fourth-order valence-electron chi connectivity index (χ4n) is 2.93. The number of fused-ring (bicyclic) bond motifs is 1. The Bertz CT molecular complexity index is 928. The number of hydrogen-bond donors (Lipinski definition) is 1. The van der Waals surface area contributed by atoms with Crippen LogP contribution in [0.15, 0.2) is 48.7 Å². The Morgan fingerprint density at radius 1 is 1.23 bits per heavy atom. The van der Waals surface area contributed by atoms with Gasteiger partial charge in [0.05, 0.1) is 5.75 Å². The van der Waals surface area contributed by atoms with Gasteiger partial charge in [0.1, 0.15) is 21.7 Å². The number of carbonyl (C=O) groups excluding carboxylic acids is 2. The van der Waals surface area contributed by atoms with Gasteiger partial charge in [-0.05, 0) is 30.2 Å². The molecule has 1 aromatic heterocycles. The fraction of sp³-hybridized carbons (Fsp3) is 0.278. The van der Waals surface area contributed by atoms with Crippen LogP contribution < -0.4 is 5.32 Å². The van der Waals surface area contributed by atoms with Gasteiger partial charge < -0.3 is 10.2 Å². The predicted octanol–water partition coefficient (Wildman–Crippen LogP) is 1.48. The number of carbonyl (C=O) groups is 2. The Kier molecular flexibility index (Phi) is 5.03. The third-order valence-corrected chi connectivity index (χ3v) is 5.18. The van der Waals surface area contributed by atoms with Crippen LogP contribution >= 0.6 is 0 Å². The van der Waals surface area contributed by atoms with Crippen molar-refractivity contribution >= 4 is 27.5 Å². The van der Waals surface area contributed by atoms with Crippen molar-refractivity contribution in [1.82, 2.24) is 9.88 Å². The smallest absolute Gasteiger partial charge is 0.255 e. The number of aromatic nitrogens is 1. The van der Waals surface area contributed by atoms with Gasteiger partial charge in [-0.2, -0.15) is 0 Å². The Labute approximate surface area is 152 Å². The second-order valence-corrected chi connectivity index (χ2v) is 8.49. The first-order valence-corrected chi connectivity index (χ1v) is 10.2. The zero-order valence-corrected chi connectivity index (χ0v) is 15.1. The van der Waals surface area contributed by atoms with E-state index in [1.54, 1.807) is 30.3 Å². The van der Waals surface area contributed by atoms with Crippen LogP contribution in [0.25, 0.3) is 0 Å². The first-order valence-electron chi connectivity index (χ1n) is 8.13. The monoisotopic (exact) mass is 373 g/mol. The molecule has 136 valence electrons. The van der Waals surface area contributed by atoms with Crippen LogP contribution in [0.2, 0.25) is 0 Å². The van der Waals surface area contributed by atoms with E-state index >= 15 is 0 Å². The van der Waals surface area contributed by atoms with E-state index in [-0.39, 0.29) is 24.6 Å². The Morgan fingerprint density at radius 3 is 2.62 bits per heavy atom. The lowest BCUT2D eigenvalue weighted by Crippen LogP contribution is -2.45. The molecule has 1 unspecified atom stereocenters. The minimum atomic E-state index is -3.27. The van der Waals surface area contributed by atoms with Gasteiger partial charge >= 0.3 is 0 Å². The Balaban J connectivity index is 1.84. The summed E-state index contributed by atoms with van der Waals surface area (Å²) in [6.45, 7) is 0.277. The number of amides is 2. The van der Waals surface area contributed by atoms with Crippen LogP contribution in [0.4, 0.5) is 5.82 Å². The van der Waals surface area contributed by atoms with E-state index in [4.69, 9.17) is 0 Å². The summed E-state index contributed by atoms with van der Waals surface area (Å²) < 4.78 is 23.2. The highest BCUT2D eigenvalue weighted by Gasteiger charge is 2.36. The molecule has 0 aliphatic carbocycles. The van der Waals surface area contributed by atoms with Crippen molar-refractivity contribution in [2.75, 3.05) is 17.3 Å². The molecule has 1 atom stereocenters. The third-order valence-electron chi connectivity index (χ3n) is 4.21. The highest BCUT2D eigenvalue weighted by molar-refractivity contribution is 7.90. The fourth-order valence-corrected chi connectivity index (χ4v) is 3.58. The van der Waals surface area contributed by atoms with Crippen LogP contribution in [0.1, 0.15) is 22.3 Å². The molecule has 8 heteroatoms. The largest absolute Gasteiger partial charge is 0.322 e. The molecule has 1 aliphatic heterocycles. The van der Waals surface area contributed by atoms with E-state index in [1.165, 1.54) is 11.1 Å². The van der Waals surface area contributed by atoms with Gasteiger partial charge in [0.15, 0.2) is 0 Å². The molecule has 0 bridgehead atoms. The van der Waals surface area contributed by atoms with Gasteiger partial charge in [-0.1, -0.05) is 24.3 Å². The number of benzene rings is 1. The van der Waals surface area contributed by atoms with E-state index in [0.717, 1.165) is 11.8 Å². The summed E-state index contributed by atoms with van der Waals surface area (Å²) in [6.07, 6.45) is 2.68. The lowest BCUT2D eigenvalue weighted by Gasteiger charge is -2.26. The molecule has 1 N–H and O–H groups in total. The predicted molar refractivity (Wildman–Crippen MR) is 97.3 cm³/mol. The average Bonchev–Trinajstić information content (AvgIpc) is 2.92. The number of hydrogen-bond acceptors (Lipinski definition) is 5. The first kappa shape index (κ1) is 18.1. The van der Waals surface area contributed by atoms with Crippen LogP contribution in [-0.2, 0) is 21.2 Å². The second-order valence-electron chi connectivity index (χ2n) is 6.23. The summed E-state index contributed by atoms with van der Waals surface area (Å²) in [4.78, 5) is 30.9. The zero-order chi connectivity index (χ0) is 18.7. The molecule has 3 rings (SSSR count). The summed E-state index contributed by atoms with van der Waals surface area (Å²) in [5.41, 5.74) is 1.37. The van der Waals surface area contributed by atoms with Crippen molar-refractivity contribution in [2.45, 2.75) is 19.0 Å². The highest BCUT2D eigenvalue weighted by Crippen LogP contribution is 2.26. The molecule has 1 aromatic carbocycles. The van der Waals surface area contributed by atoms with E-state index < -0.39 is 21.8 Å². The van der Waals surface area contributed by atoms with Gasteiger partial charge in [0.2, 0.25) is 5.91 Å². The van der Waals surface area contributed by atoms with E-state index in [9.17, 15) is 18.0 Å². The molecule has 7 nitrogen and oxygen atoms in total. The summed E-state index contributed by atoms with van der Waals surface area (Å²) >= 11 is 0. The molecule has 0 spiro atoms. The lowest BCUT2D eigenvalue weighted by atomic mass is 10.1. The standard InChI is InChI=1S/C18H19N3O4S/c1-26(24,25)11-9-15(17(22)20-16-8-4-5-10-19-16)21-12-13-6-2-3-7-14(13)18(21)23/h2-8,10,15H,9,11-12H2,1H3,(H,19,20,22). The zero-order valence-electron chi connectivity index (χ0n) is 14.3. The van der Waals surface area contributed by atoms with Gasteiger partial charge in [-0.3, -0.25) is 9.59 Å². The maximum Gasteiger partial charge on any atom is 0.255 e. The number of pyridine rings is 1. The highest BCUT2D eigenvalue weighted by atomic mass is 32.2. The number of nitrogens with zero attached hydrogens (tertiary/aromatic N) is 2. The van der Waals surface area contributed by atoms with Crippen molar-refractivity contribution in [3.8, 4) is 0 Å². The maximum atomic E-state index is 12.8. The van der Waals surface area contributed by atoms with Crippen LogP contribution in [0.3, 0.4) is 0 Å². The molecule has 1 aliphatic rings.